The fraction of sp³-hybridized carbons (Fsp3) is 0.167. The summed E-state index contributed by atoms with van der Waals surface area (Å²) < 4.78 is 19.1. The molecule has 0 unspecified atom stereocenters. The lowest BCUT2D eigenvalue weighted by Crippen LogP contribution is -2.25. The first-order valence-corrected chi connectivity index (χ1v) is 8.64. The molecule has 1 aromatic heterocycles. The van der Waals surface area contributed by atoms with E-state index in [1.807, 2.05) is 31.2 Å². The molecule has 0 aliphatic carbocycles. The van der Waals surface area contributed by atoms with Gasteiger partial charge in [-0.1, -0.05) is 47.7 Å². The normalized spacial score (nSPS) is 10.6. The van der Waals surface area contributed by atoms with Crippen LogP contribution in [0, 0.1) is 12.7 Å². The van der Waals surface area contributed by atoms with E-state index in [4.69, 9.17) is 4.42 Å². The number of aromatic nitrogens is 2. The fourth-order valence-corrected chi connectivity index (χ4v) is 2.77. The summed E-state index contributed by atoms with van der Waals surface area (Å²) in [7, 11) is 0. The van der Waals surface area contributed by atoms with Crippen LogP contribution in [0.15, 0.2) is 58.2 Å². The molecule has 0 fully saturated rings. The van der Waals surface area contributed by atoms with Crippen molar-refractivity contribution in [2.45, 2.75) is 18.7 Å². The Morgan fingerprint density at radius 3 is 2.84 bits per heavy atom. The zero-order valence-electron chi connectivity index (χ0n) is 13.5. The van der Waals surface area contributed by atoms with Crippen molar-refractivity contribution in [3.63, 3.8) is 0 Å². The van der Waals surface area contributed by atoms with Crippen LogP contribution in [0.5, 0.6) is 0 Å². The molecule has 0 bridgehead atoms. The van der Waals surface area contributed by atoms with Crippen molar-refractivity contribution >= 4 is 17.7 Å². The number of hydrogen-bond donors (Lipinski definition) is 1. The van der Waals surface area contributed by atoms with Gasteiger partial charge in [0.1, 0.15) is 5.82 Å². The molecule has 0 aliphatic heterocycles. The highest BCUT2D eigenvalue weighted by Gasteiger charge is 2.11. The minimum Gasteiger partial charge on any atom is -0.411 e. The minimum absolute atomic E-state index is 0.115. The van der Waals surface area contributed by atoms with Crippen LogP contribution in [0.2, 0.25) is 0 Å². The first kappa shape index (κ1) is 17.2. The largest absolute Gasteiger partial charge is 0.411 e. The average Bonchev–Trinajstić information content (AvgIpc) is 3.08. The summed E-state index contributed by atoms with van der Waals surface area (Å²) in [6.45, 7) is 2.12. The maximum Gasteiger partial charge on any atom is 0.277 e. The van der Waals surface area contributed by atoms with Gasteiger partial charge in [-0.3, -0.25) is 4.79 Å². The summed E-state index contributed by atoms with van der Waals surface area (Å²) in [6.07, 6.45) is 0. The van der Waals surface area contributed by atoms with Crippen LogP contribution < -0.4 is 5.32 Å². The van der Waals surface area contributed by atoms with Crippen molar-refractivity contribution in [3.8, 4) is 11.5 Å². The Bertz CT molecular complexity index is 882. The molecule has 1 amide bonds. The van der Waals surface area contributed by atoms with Gasteiger partial charge in [-0.2, -0.15) is 0 Å². The number of halogens is 1. The third-order valence-electron chi connectivity index (χ3n) is 3.43. The highest BCUT2D eigenvalue weighted by atomic mass is 32.2. The molecule has 1 N–H and O–H groups in total. The van der Waals surface area contributed by atoms with Crippen molar-refractivity contribution in [2.24, 2.45) is 0 Å². The van der Waals surface area contributed by atoms with Crippen LogP contribution in [-0.4, -0.2) is 21.9 Å². The van der Waals surface area contributed by atoms with E-state index in [0.717, 1.165) is 22.9 Å². The molecule has 5 nitrogen and oxygen atoms in total. The smallest absolute Gasteiger partial charge is 0.277 e. The van der Waals surface area contributed by atoms with E-state index in [1.165, 1.54) is 6.07 Å². The topological polar surface area (TPSA) is 68.0 Å². The van der Waals surface area contributed by atoms with Crippen molar-refractivity contribution in [2.75, 3.05) is 5.75 Å². The molecule has 128 valence electrons. The van der Waals surface area contributed by atoms with E-state index >= 15 is 0 Å². The van der Waals surface area contributed by atoms with Gasteiger partial charge in [0.2, 0.25) is 11.8 Å². The summed E-state index contributed by atoms with van der Waals surface area (Å²) in [5, 5.41) is 10.9. The summed E-state index contributed by atoms with van der Waals surface area (Å²) >= 11 is 1.14. The Hall–Kier alpha value is -2.67. The first-order valence-electron chi connectivity index (χ1n) is 7.65. The lowest BCUT2D eigenvalue weighted by atomic mass is 10.1. The second kappa shape index (κ2) is 7.94. The van der Waals surface area contributed by atoms with E-state index in [-0.39, 0.29) is 24.0 Å². The van der Waals surface area contributed by atoms with E-state index in [0.29, 0.717) is 16.7 Å². The molecule has 25 heavy (non-hydrogen) atoms. The van der Waals surface area contributed by atoms with E-state index in [9.17, 15) is 9.18 Å². The number of rotatable bonds is 6. The Morgan fingerprint density at radius 2 is 2.04 bits per heavy atom. The van der Waals surface area contributed by atoms with Gasteiger partial charge in [-0.05, 0) is 25.1 Å². The molecule has 3 aromatic rings. The van der Waals surface area contributed by atoms with Crippen LogP contribution in [-0.2, 0) is 11.3 Å². The molecular formula is C18H16FN3O2S. The molecule has 2 aromatic carbocycles. The average molecular weight is 357 g/mol. The molecule has 0 atom stereocenters. The van der Waals surface area contributed by atoms with Gasteiger partial charge in [0, 0.05) is 17.7 Å². The van der Waals surface area contributed by atoms with Gasteiger partial charge in [0.25, 0.3) is 5.22 Å². The van der Waals surface area contributed by atoms with Gasteiger partial charge in [-0.15, -0.1) is 10.2 Å². The number of nitrogens with zero attached hydrogens (tertiary/aromatic N) is 2. The fourth-order valence-electron chi connectivity index (χ4n) is 2.18. The van der Waals surface area contributed by atoms with Crippen LogP contribution in [0.3, 0.4) is 0 Å². The summed E-state index contributed by atoms with van der Waals surface area (Å²) in [5.74, 6) is -0.0409. The predicted molar refractivity (Wildman–Crippen MR) is 93.4 cm³/mol. The standard InChI is InChI=1S/C18H16FN3O2S/c1-12-5-4-7-13(9-12)17-21-22-18(24-17)25-11-16(23)20-10-14-6-2-3-8-15(14)19/h2-9H,10-11H2,1H3,(H,20,23). The number of amides is 1. The maximum absolute atomic E-state index is 13.5. The number of carbonyl (C=O) groups excluding carboxylic acids is 1. The number of benzene rings is 2. The quantitative estimate of drug-likeness (QED) is 0.683. The molecule has 7 heteroatoms. The van der Waals surface area contributed by atoms with Crippen molar-refractivity contribution in [3.05, 3.63) is 65.5 Å². The summed E-state index contributed by atoms with van der Waals surface area (Å²) in [4.78, 5) is 11.9. The van der Waals surface area contributed by atoms with Crippen molar-refractivity contribution in [1.82, 2.24) is 15.5 Å². The second-order valence-electron chi connectivity index (χ2n) is 5.40. The lowest BCUT2D eigenvalue weighted by Gasteiger charge is -2.05. The van der Waals surface area contributed by atoms with Gasteiger partial charge >= 0.3 is 0 Å². The Morgan fingerprint density at radius 1 is 1.20 bits per heavy atom. The van der Waals surface area contributed by atoms with Gasteiger partial charge < -0.3 is 9.73 Å². The number of hydrogen-bond acceptors (Lipinski definition) is 5. The molecule has 3 rings (SSSR count). The predicted octanol–water partition coefficient (Wildman–Crippen LogP) is 3.59. The Balaban J connectivity index is 1.52. The molecule has 0 saturated carbocycles. The lowest BCUT2D eigenvalue weighted by molar-refractivity contribution is -0.118. The molecule has 1 heterocycles. The number of thioether (sulfide) groups is 1. The maximum atomic E-state index is 13.5. The number of nitrogens with one attached hydrogen (secondary N) is 1. The molecule has 0 radical (unpaired) electrons. The molecule has 0 saturated heterocycles. The van der Waals surface area contributed by atoms with Gasteiger partial charge in [-0.25, -0.2) is 4.39 Å². The first-order chi connectivity index (χ1) is 12.1. The third kappa shape index (κ3) is 4.67. The van der Waals surface area contributed by atoms with Crippen LogP contribution in [0.25, 0.3) is 11.5 Å². The van der Waals surface area contributed by atoms with E-state index < -0.39 is 0 Å². The van der Waals surface area contributed by atoms with E-state index in [2.05, 4.69) is 15.5 Å². The van der Waals surface area contributed by atoms with Crippen LogP contribution in [0.1, 0.15) is 11.1 Å². The minimum atomic E-state index is -0.338. The third-order valence-corrected chi connectivity index (χ3v) is 4.25. The second-order valence-corrected chi connectivity index (χ2v) is 6.33. The zero-order valence-corrected chi connectivity index (χ0v) is 14.3. The SMILES string of the molecule is Cc1cccc(-c2nnc(SCC(=O)NCc3ccccc3F)o2)c1. The number of carbonyl (C=O) groups is 1. The van der Waals surface area contributed by atoms with Gasteiger partial charge in [0.15, 0.2) is 0 Å². The van der Waals surface area contributed by atoms with Crippen LogP contribution in [0.4, 0.5) is 4.39 Å². The highest BCUT2D eigenvalue weighted by Crippen LogP contribution is 2.23. The highest BCUT2D eigenvalue weighted by molar-refractivity contribution is 7.99. The Labute approximate surface area is 148 Å². The van der Waals surface area contributed by atoms with Crippen LogP contribution >= 0.6 is 11.8 Å². The van der Waals surface area contributed by atoms with Crippen molar-refractivity contribution in [1.29, 1.82) is 0 Å². The summed E-state index contributed by atoms with van der Waals surface area (Å²) in [5.41, 5.74) is 2.38. The van der Waals surface area contributed by atoms with E-state index in [1.54, 1.807) is 18.2 Å². The zero-order chi connectivity index (χ0) is 17.6. The number of aryl methyl sites for hydroxylation is 1. The summed E-state index contributed by atoms with van der Waals surface area (Å²) in [6, 6.07) is 14.1. The van der Waals surface area contributed by atoms with Crippen molar-refractivity contribution < 1.29 is 13.6 Å². The molecule has 0 spiro atoms. The Kier molecular flexibility index (Phi) is 5.45. The monoisotopic (exact) mass is 357 g/mol. The molecular weight excluding hydrogens is 341 g/mol. The molecule has 0 aliphatic rings. The van der Waals surface area contributed by atoms with Gasteiger partial charge in [0.05, 0.1) is 5.75 Å².